The summed E-state index contributed by atoms with van der Waals surface area (Å²) in [6.07, 6.45) is 6.74. The minimum absolute atomic E-state index is 0.0276. The monoisotopic (exact) mass is 417 g/mol. The van der Waals surface area contributed by atoms with E-state index in [0.717, 1.165) is 30.3 Å². The maximum absolute atomic E-state index is 12.9. The van der Waals surface area contributed by atoms with Crippen molar-refractivity contribution in [3.05, 3.63) is 33.0 Å². The van der Waals surface area contributed by atoms with E-state index in [4.69, 9.17) is 9.47 Å². The van der Waals surface area contributed by atoms with Crippen molar-refractivity contribution in [1.29, 1.82) is 0 Å². The van der Waals surface area contributed by atoms with Gasteiger partial charge in [-0.1, -0.05) is 25.7 Å². The number of carbonyl (C=O) groups excluding carboxylic acids is 1. The first-order valence-electron chi connectivity index (χ1n) is 10.9. The molecule has 1 aliphatic carbocycles. The van der Waals surface area contributed by atoms with Crippen LogP contribution in [0.2, 0.25) is 0 Å². The minimum atomic E-state index is -0.540. The van der Waals surface area contributed by atoms with E-state index in [1.165, 1.54) is 12.8 Å². The summed E-state index contributed by atoms with van der Waals surface area (Å²) in [5.74, 6) is 0.797. The number of ether oxygens (including phenoxy) is 2. The molecular formula is C22H31N3O5. The molecule has 0 bridgehead atoms. The molecule has 8 heteroatoms. The molecule has 2 aromatic rings. The van der Waals surface area contributed by atoms with Gasteiger partial charge in [0.05, 0.1) is 24.1 Å². The van der Waals surface area contributed by atoms with E-state index in [2.05, 4.69) is 10.3 Å². The third-order valence-corrected chi connectivity index (χ3v) is 5.43. The molecule has 1 heterocycles. The van der Waals surface area contributed by atoms with Gasteiger partial charge in [0.15, 0.2) is 11.5 Å². The van der Waals surface area contributed by atoms with Gasteiger partial charge in [0.1, 0.15) is 0 Å². The summed E-state index contributed by atoms with van der Waals surface area (Å²) < 4.78 is 12.2. The Kier molecular flexibility index (Phi) is 7.54. The highest BCUT2D eigenvalue weighted by atomic mass is 16.5. The predicted octanol–water partition coefficient (Wildman–Crippen LogP) is 2.72. The molecule has 164 valence electrons. The van der Waals surface area contributed by atoms with Gasteiger partial charge in [-0.2, -0.15) is 0 Å². The van der Waals surface area contributed by atoms with Gasteiger partial charge in [0.2, 0.25) is 5.91 Å². The fraction of sp³-hybridized carbons (Fsp3) is 0.591. The number of hydrogen-bond donors (Lipinski definition) is 2. The van der Waals surface area contributed by atoms with E-state index in [-0.39, 0.29) is 24.9 Å². The van der Waals surface area contributed by atoms with Gasteiger partial charge in [0, 0.05) is 25.1 Å². The Morgan fingerprint density at radius 2 is 1.70 bits per heavy atom. The SMILES string of the molecule is CCOc1cc2[nH]c(=O)n(CCC(=O)NC3CCCCCC3)c(=O)c2cc1OCC. The number of fused-ring (bicyclic) bond motifs is 1. The van der Waals surface area contributed by atoms with Crippen LogP contribution in [0, 0.1) is 0 Å². The molecule has 0 unspecified atom stereocenters. The van der Waals surface area contributed by atoms with Crippen LogP contribution in [0.5, 0.6) is 11.5 Å². The minimum Gasteiger partial charge on any atom is -0.490 e. The molecule has 8 nitrogen and oxygen atoms in total. The average molecular weight is 418 g/mol. The summed E-state index contributed by atoms with van der Waals surface area (Å²) in [7, 11) is 0. The van der Waals surface area contributed by atoms with Crippen LogP contribution in [0.4, 0.5) is 0 Å². The van der Waals surface area contributed by atoms with Crippen molar-refractivity contribution < 1.29 is 14.3 Å². The van der Waals surface area contributed by atoms with Gasteiger partial charge >= 0.3 is 5.69 Å². The molecule has 1 saturated carbocycles. The molecule has 0 atom stereocenters. The van der Waals surface area contributed by atoms with Gasteiger partial charge in [-0.05, 0) is 32.8 Å². The van der Waals surface area contributed by atoms with Crippen LogP contribution >= 0.6 is 0 Å². The fourth-order valence-corrected chi connectivity index (χ4v) is 3.94. The highest BCUT2D eigenvalue weighted by molar-refractivity contribution is 5.81. The number of nitrogens with one attached hydrogen (secondary N) is 2. The molecular weight excluding hydrogens is 386 g/mol. The Hall–Kier alpha value is -2.77. The summed E-state index contributed by atoms with van der Waals surface area (Å²) in [5, 5.41) is 3.37. The summed E-state index contributed by atoms with van der Waals surface area (Å²) in [6, 6.07) is 3.39. The van der Waals surface area contributed by atoms with Crippen LogP contribution in [-0.4, -0.2) is 34.7 Å². The molecule has 0 radical (unpaired) electrons. The van der Waals surface area contributed by atoms with Crippen LogP contribution in [-0.2, 0) is 11.3 Å². The Balaban J connectivity index is 1.80. The number of H-pyrrole nitrogens is 1. The average Bonchev–Trinajstić information content (AvgIpc) is 2.98. The lowest BCUT2D eigenvalue weighted by atomic mass is 10.1. The molecule has 3 rings (SSSR count). The number of carbonyl (C=O) groups is 1. The second kappa shape index (κ2) is 10.3. The van der Waals surface area contributed by atoms with Crippen LogP contribution in [0.15, 0.2) is 21.7 Å². The molecule has 0 aliphatic heterocycles. The summed E-state index contributed by atoms with van der Waals surface area (Å²) in [6.45, 7) is 4.58. The first-order chi connectivity index (χ1) is 14.5. The van der Waals surface area contributed by atoms with E-state index in [0.29, 0.717) is 35.6 Å². The molecule has 2 N–H and O–H groups in total. The van der Waals surface area contributed by atoms with Crippen molar-refractivity contribution in [2.45, 2.75) is 71.4 Å². The summed E-state index contributed by atoms with van der Waals surface area (Å²) in [5.41, 5.74) is -0.600. The molecule has 1 aromatic heterocycles. The van der Waals surface area contributed by atoms with E-state index in [1.54, 1.807) is 12.1 Å². The van der Waals surface area contributed by atoms with Crippen molar-refractivity contribution in [3.63, 3.8) is 0 Å². The zero-order chi connectivity index (χ0) is 21.5. The fourth-order valence-electron chi connectivity index (χ4n) is 3.94. The van der Waals surface area contributed by atoms with Gasteiger partial charge in [-0.3, -0.25) is 14.2 Å². The molecule has 1 aliphatic rings. The number of aromatic amines is 1. The number of benzene rings is 1. The van der Waals surface area contributed by atoms with E-state index < -0.39 is 11.2 Å². The molecule has 0 saturated heterocycles. The summed E-state index contributed by atoms with van der Waals surface area (Å²) >= 11 is 0. The zero-order valence-electron chi connectivity index (χ0n) is 17.8. The van der Waals surface area contributed by atoms with Crippen LogP contribution in [0.3, 0.4) is 0 Å². The number of amides is 1. The standard InChI is InChI=1S/C22H31N3O5/c1-3-29-18-13-16-17(14-19(18)30-4-2)24-22(28)25(21(16)27)12-11-20(26)23-15-9-7-5-6-8-10-15/h13-15H,3-12H2,1-2H3,(H,23,26)(H,24,28). The lowest BCUT2D eigenvalue weighted by molar-refractivity contribution is -0.122. The molecule has 1 aromatic carbocycles. The van der Waals surface area contributed by atoms with Crippen molar-refractivity contribution in [3.8, 4) is 11.5 Å². The van der Waals surface area contributed by atoms with Gasteiger partial charge in [0.25, 0.3) is 5.56 Å². The van der Waals surface area contributed by atoms with Gasteiger partial charge in [-0.15, -0.1) is 0 Å². The molecule has 1 amide bonds. The predicted molar refractivity (Wildman–Crippen MR) is 115 cm³/mol. The lowest BCUT2D eigenvalue weighted by Gasteiger charge is -2.16. The Morgan fingerprint density at radius 3 is 2.33 bits per heavy atom. The van der Waals surface area contributed by atoms with Crippen molar-refractivity contribution >= 4 is 16.8 Å². The topological polar surface area (TPSA) is 102 Å². The molecule has 0 spiro atoms. The molecule has 30 heavy (non-hydrogen) atoms. The van der Waals surface area contributed by atoms with Crippen LogP contribution in [0.1, 0.15) is 58.8 Å². The maximum Gasteiger partial charge on any atom is 0.328 e. The van der Waals surface area contributed by atoms with Crippen molar-refractivity contribution in [2.24, 2.45) is 0 Å². The second-order valence-electron chi connectivity index (χ2n) is 7.60. The number of aromatic nitrogens is 2. The van der Waals surface area contributed by atoms with Gasteiger partial charge < -0.3 is 19.8 Å². The number of hydrogen-bond acceptors (Lipinski definition) is 5. The van der Waals surface area contributed by atoms with Crippen LogP contribution < -0.4 is 26.0 Å². The Bertz CT molecular complexity index is 987. The normalized spacial score (nSPS) is 15.0. The quantitative estimate of drug-likeness (QED) is 0.643. The van der Waals surface area contributed by atoms with Crippen LogP contribution in [0.25, 0.3) is 10.9 Å². The first-order valence-corrected chi connectivity index (χ1v) is 10.9. The largest absolute Gasteiger partial charge is 0.490 e. The van der Waals surface area contributed by atoms with Gasteiger partial charge in [-0.25, -0.2) is 4.79 Å². The lowest BCUT2D eigenvalue weighted by Crippen LogP contribution is -2.39. The smallest absolute Gasteiger partial charge is 0.328 e. The van der Waals surface area contributed by atoms with Crippen molar-refractivity contribution in [2.75, 3.05) is 13.2 Å². The van der Waals surface area contributed by atoms with E-state index in [9.17, 15) is 14.4 Å². The third kappa shape index (κ3) is 5.23. The molecule has 1 fully saturated rings. The first kappa shape index (κ1) is 21.9. The summed E-state index contributed by atoms with van der Waals surface area (Å²) in [4.78, 5) is 40.5. The van der Waals surface area contributed by atoms with E-state index >= 15 is 0 Å². The zero-order valence-corrected chi connectivity index (χ0v) is 17.8. The highest BCUT2D eigenvalue weighted by Gasteiger charge is 2.17. The maximum atomic E-state index is 12.9. The number of nitrogens with zero attached hydrogens (tertiary/aromatic N) is 1. The number of rotatable bonds is 8. The Morgan fingerprint density at radius 1 is 1.07 bits per heavy atom. The highest BCUT2D eigenvalue weighted by Crippen LogP contribution is 2.30. The Labute approximate surface area is 175 Å². The third-order valence-electron chi connectivity index (χ3n) is 5.43. The van der Waals surface area contributed by atoms with Crippen molar-refractivity contribution in [1.82, 2.24) is 14.9 Å². The second-order valence-corrected chi connectivity index (χ2v) is 7.60. The van der Waals surface area contributed by atoms with E-state index in [1.807, 2.05) is 13.8 Å².